The Labute approximate surface area is 124 Å². The van der Waals surface area contributed by atoms with Crippen LogP contribution in [0.2, 0.25) is 0 Å². The SMILES string of the molecule is CCC(Cc1ccccc1)NC(C)CN1CCCCC1. The lowest BCUT2D eigenvalue weighted by Gasteiger charge is -2.31. The highest BCUT2D eigenvalue weighted by atomic mass is 15.2. The van der Waals surface area contributed by atoms with Crippen LogP contribution in [0.25, 0.3) is 0 Å². The molecule has 1 N–H and O–H groups in total. The average Bonchev–Trinajstić information content (AvgIpc) is 2.48. The highest BCUT2D eigenvalue weighted by Gasteiger charge is 2.16. The summed E-state index contributed by atoms with van der Waals surface area (Å²) < 4.78 is 0. The lowest BCUT2D eigenvalue weighted by molar-refractivity contribution is 0.203. The maximum absolute atomic E-state index is 3.82. The van der Waals surface area contributed by atoms with E-state index >= 15 is 0 Å². The van der Waals surface area contributed by atoms with E-state index in [9.17, 15) is 0 Å². The fourth-order valence-corrected chi connectivity index (χ4v) is 3.20. The third-order valence-corrected chi connectivity index (χ3v) is 4.32. The molecule has 1 aliphatic rings. The van der Waals surface area contributed by atoms with E-state index in [1.165, 1.54) is 50.9 Å². The van der Waals surface area contributed by atoms with E-state index in [4.69, 9.17) is 0 Å². The Kier molecular flexibility index (Phi) is 6.55. The van der Waals surface area contributed by atoms with Crippen molar-refractivity contribution in [3.05, 3.63) is 35.9 Å². The van der Waals surface area contributed by atoms with E-state index in [1.807, 2.05) is 0 Å². The summed E-state index contributed by atoms with van der Waals surface area (Å²) in [6.45, 7) is 8.41. The second-order valence-corrected chi connectivity index (χ2v) is 6.22. The second-order valence-electron chi connectivity index (χ2n) is 6.22. The fraction of sp³-hybridized carbons (Fsp3) is 0.667. The summed E-state index contributed by atoms with van der Waals surface area (Å²) in [6, 6.07) is 12.0. The number of likely N-dealkylation sites (tertiary alicyclic amines) is 1. The summed E-state index contributed by atoms with van der Waals surface area (Å²) in [5, 5.41) is 3.82. The Morgan fingerprint density at radius 1 is 1.10 bits per heavy atom. The molecule has 0 spiro atoms. The molecule has 2 heteroatoms. The van der Waals surface area contributed by atoms with Crippen molar-refractivity contribution in [2.24, 2.45) is 0 Å². The van der Waals surface area contributed by atoms with Gasteiger partial charge in [-0.3, -0.25) is 0 Å². The molecule has 0 amide bonds. The molecule has 0 aliphatic carbocycles. The molecule has 1 heterocycles. The van der Waals surface area contributed by atoms with Crippen LogP contribution in [0.5, 0.6) is 0 Å². The minimum atomic E-state index is 0.585. The van der Waals surface area contributed by atoms with Crippen LogP contribution >= 0.6 is 0 Å². The molecule has 2 atom stereocenters. The van der Waals surface area contributed by atoms with Gasteiger partial charge < -0.3 is 10.2 Å². The van der Waals surface area contributed by atoms with Crippen LogP contribution in [0, 0.1) is 0 Å². The predicted octanol–water partition coefficient (Wildman–Crippen LogP) is 3.47. The zero-order chi connectivity index (χ0) is 14.2. The van der Waals surface area contributed by atoms with E-state index in [2.05, 4.69) is 54.4 Å². The quantitative estimate of drug-likeness (QED) is 0.819. The molecule has 0 bridgehead atoms. The maximum Gasteiger partial charge on any atom is 0.0169 e. The molecule has 0 radical (unpaired) electrons. The molecule has 2 rings (SSSR count). The molecule has 1 aliphatic heterocycles. The van der Waals surface area contributed by atoms with Crippen molar-refractivity contribution < 1.29 is 0 Å². The summed E-state index contributed by atoms with van der Waals surface area (Å²) in [5.74, 6) is 0. The van der Waals surface area contributed by atoms with Gasteiger partial charge in [-0.2, -0.15) is 0 Å². The molecular formula is C18H30N2. The van der Waals surface area contributed by atoms with Gasteiger partial charge in [-0.1, -0.05) is 43.7 Å². The number of hydrogen-bond acceptors (Lipinski definition) is 2. The van der Waals surface area contributed by atoms with Gasteiger partial charge in [-0.25, -0.2) is 0 Å². The van der Waals surface area contributed by atoms with Gasteiger partial charge >= 0.3 is 0 Å². The largest absolute Gasteiger partial charge is 0.310 e. The zero-order valence-electron chi connectivity index (χ0n) is 13.1. The van der Waals surface area contributed by atoms with Crippen LogP contribution in [0.4, 0.5) is 0 Å². The van der Waals surface area contributed by atoms with Crippen LogP contribution in [-0.4, -0.2) is 36.6 Å². The van der Waals surface area contributed by atoms with Crippen molar-refractivity contribution in [2.75, 3.05) is 19.6 Å². The van der Waals surface area contributed by atoms with E-state index in [0.29, 0.717) is 12.1 Å². The standard InChI is InChI=1S/C18H30N2/c1-3-18(14-17-10-6-4-7-11-17)19-16(2)15-20-12-8-5-9-13-20/h4,6-7,10-11,16,18-19H,3,5,8-9,12-15H2,1-2H3. The number of rotatable bonds is 7. The van der Waals surface area contributed by atoms with E-state index in [0.717, 1.165) is 6.42 Å². The second kappa shape index (κ2) is 8.43. The Bertz CT molecular complexity index is 357. The monoisotopic (exact) mass is 274 g/mol. The van der Waals surface area contributed by atoms with Gasteiger partial charge in [0.25, 0.3) is 0 Å². The number of hydrogen-bond donors (Lipinski definition) is 1. The minimum absolute atomic E-state index is 0.585. The van der Waals surface area contributed by atoms with Crippen molar-refractivity contribution in [1.82, 2.24) is 10.2 Å². The van der Waals surface area contributed by atoms with Gasteiger partial charge in [0.15, 0.2) is 0 Å². The highest BCUT2D eigenvalue weighted by Crippen LogP contribution is 2.10. The average molecular weight is 274 g/mol. The molecule has 0 aromatic heterocycles. The number of benzene rings is 1. The molecule has 0 saturated carbocycles. The van der Waals surface area contributed by atoms with Crippen molar-refractivity contribution in [3.63, 3.8) is 0 Å². The van der Waals surface area contributed by atoms with Gasteiger partial charge in [0.1, 0.15) is 0 Å². The van der Waals surface area contributed by atoms with E-state index in [-0.39, 0.29) is 0 Å². The van der Waals surface area contributed by atoms with Crippen LogP contribution < -0.4 is 5.32 Å². The third kappa shape index (κ3) is 5.26. The number of nitrogens with zero attached hydrogens (tertiary/aromatic N) is 1. The molecule has 20 heavy (non-hydrogen) atoms. The van der Waals surface area contributed by atoms with Gasteiger partial charge in [-0.05, 0) is 51.3 Å². The van der Waals surface area contributed by atoms with Gasteiger partial charge in [0.2, 0.25) is 0 Å². The molecule has 1 saturated heterocycles. The van der Waals surface area contributed by atoms with Crippen LogP contribution in [-0.2, 0) is 6.42 Å². The van der Waals surface area contributed by atoms with E-state index in [1.54, 1.807) is 0 Å². The molecule has 112 valence electrons. The Morgan fingerprint density at radius 3 is 2.45 bits per heavy atom. The Hall–Kier alpha value is -0.860. The molecular weight excluding hydrogens is 244 g/mol. The molecule has 1 aromatic rings. The van der Waals surface area contributed by atoms with Crippen molar-refractivity contribution in [1.29, 1.82) is 0 Å². The summed E-state index contributed by atoms with van der Waals surface area (Å²) in [6.07, 6.45) is 6.52. The van der Waals surface area contributed by atoms with Crippen molar-refractivity contribution in [2.45, 2.75) is 58.0 Å². The van der Waals surface area contributed by atoms with Gasteiger partial charge in [0, 0.05) is 18.6 Å². The first-order chi connectivity index (χ1) is 9.78. The van der Waals surface area contributed by atoms with Crippen molar-refractivity contribution in [3.8, 4) is 0 Å². The van der Waals surface area contributed by atoms with Gasteiger partial charge in [-0.15, -0.1) is 0 Å². The Balaban J connectivity index is 1.76. The number of piperidine rings is 1. The van der Waals surface area contributed by atoms with Crippen LogP contribution in [0.15, 0.2) is 30.3 Å². The highest BCUT2D eigenvalue weighted by molar-refractivity contribution is 5.15. The predicted molar refractivity (Wildman–Crippen MR) is 87.1 cm³/mol. The lowest BCUT2D eigenvalue weighted by atomic mass is 10.0. The summed E-state index contributed by atoms with van der Waals surface area (Å²) >= 11 is 0. The first-order valence-corrected chi connectivity index (χ1v) is 8.30. The van der Waals surface area contributed by atoms with Gasteiger partial charge in [0.05, 0.1) is 0 Å². The molecule has 2 nitrogen and oxygen atoms in total. The minimum Gasteiger partial charge on any atom is -0.310 e. The summed E-state index contributed by atoms with van der Waals surface area (Å²) in [4.78, 5) is 2.62. The summed E-state index contributed by atoms with van der Waals surface area (Å²) in [5.41, 5.74) is 1.44. The smallest absolute Gasteiger partial charge is 0.0169 e. The van der Waals surface area contributed by atoms with Crippen LogP contribution in [0.1, 0.15) is 45.1 Å². The lowest BCUT2D eigenvalue weighted by Crippen LogP contribution is -2.45. The van der Waals surface area contributed by atoms with Crippen LogP contribution in [0.3, 0.4) is 0 Å². The summed E-state index contributed by atoms with van der Waals surface area (Å²) in [7, 11) is 0. The third-order valence-electron chi connectivity index (χ3n) is 4.32. The molecule has 1 fully saturated rings. The topological polar surface area (TPSA) is 15.3 Å². The fourth-order valence-electron chi connectivity index (χ4n) is 3.20. The van der Waals surface area contributed by atoms with E-state index < -0.39 is 0 Å². The first-order valence-electron chi connectivity index (χ1n) is 8.30. The number of nitrogens with one attached hydrogen (secondary N) is 1. The maximum atomic E-state index is 3.82. The normalized spacial score (nSPS) is 19.7. The molecule has 2 unspecified atom stereocenters. The first kappa shape index (κ1) is 15.5. The van der Waals surface area contributed by atoms with Crippen molar-refractivity contribution >= 4 is 0 Å². The Morgan fingerprint density at radius 2 is 1.80 bits per heavy atom. The molecule has 1 aromatic carbocycles. The zero-order valence-corrected chi connectivity index (χ0v) is 13.1.